The van der Waals surface area contributed by atoms with Gasteiger partial charge in [0.2, 0.25) is 5.91 Å². The zero-order valence-electron chi connectivity index (χ0n) is 11.3. The first kappa shape index (κ1) is 17.8. The molecule has 1 amide bonds. The molecule has 1 fully saturated rings. The minimum absolute atomic E-state index is 0.366. The number of amides is 1. The standard InChI is InChI=1S/C11H20N2O8/c1-4(14)13-7-5(15)2-11(20,10(18)19)21-9(7)8(17)6(16)3-12/h5-9,15-17,20H,2-3,12H2,1H3,(H,13,14)(H,18,19)/t5-,6+,7-,8-,9+,11-/m1/s1. The van der Waals surface area contributed by atoms with Crippen molar-refractivity contribution in [3.8, 4) is 0 Å². The lowest BCUT2D eigenvalue weighted by Crippen LogP contribution is -2.67. The van der Waals surface area contributed by atoms with E-state index in [1.807, 2.05) is 0 Å². The molecule has 10 heteroatoms. The van der Waals surface area contributed by atoms with Crippen LogP contribution in [-0.4, -0.2) is 80.2 Å². The van der Waals surface area contributed by atoms with E-state index in [0.717, 1.165) is 6.92 Å². The summed E-state index contributed by atoms with van der Waals surface area (Å²) in [4.78, 5) is 22.2. The Morgan fingerprint density at radius 1 is 1.48 bits per heavy atom. The van der Waals surface area contributed by atoms with Gasteiger partial charge in [0, 0.05) is 19.9 Å². The SMILES string of the molecule is CC(=O)N[C@H]1[C@@H]([C@H](O)[C@@H](O)CN)O[C@@](O)(C(=O)O)C[C@H]1O. The maximum absolute atomic E-state index is 11.1. The molecule has 1 aliphatic rings. The Labute approximate surface area is 120 Å². The Bertz CT molecular complexity index is 406. The highest BCUT2D eigenvalue weighted by Crippen LogP contribution is 2.30. The number of hydrogen-bond acceptors (Lipinski definition) is 8. The van der Waals surface area contributed by atoms with Gasteiger partial charge < -0.3 is 41.3 Å². The summed E-state index contributed by atoms with van der Waals surface area (Å²) in [6.45, 7) is 0.781. The van der Waals surface area contributed by atoms with Crippen LogP contribution >= 0.6 is 0 Å². The lowest BCUT2D eigenvalue weighted by molar-refractivity contribution is -0.294. The molecule has 1 rings (SSSR count). The number of carboxylic acid groups (broad SMARTS) is 1. The predicted octanol–water partition coefficient (Wildman–Crippen LogP) is -3.91. The summed E-state index contributed by atoms with van der Waals surface area (Å²) in [6.07, 6.45) is -6.98. The minimum atomic E-state index is -2.74. The van der Waals surface area contributed by atoms with E-state index in [9.17, 15) is 30.0 Å². The molecule has 0 radical (unpaired) electrons. The van der Waals surface area contributed by atoms with E-state index in [1.165, 1.54) is 0 Å². The minimum Gasteiger partial charge on any atom is -0.477 e. The summed E-state index contributed by atoms with van der Waals surface area (Å²) in [7, 11) is 0. The number of ether oxygens (including phenoxy) is 1. The number of nitrogens with two attached hydrogens (primary N) is 1. The zero-order valence-corrected chi connectivity index (χ0v) is 11.3. The summed E-state index contributed by atoms with van der Waals surface area (Å²) < 4.78 is 4.92. The predicted molar refractivity (Wildman–Crippen MR) is 66.8 cm³/mol. The van der Waals surface area contributed by atoms with Crippen molar-refractivity contribution < 1.29 is 39.9 Å². The molecule has 6 atom stereocenters. The number of carboxylic acids is 1. The van der Waals surface area contributed by atoms with Crippen LogP contribution in [0.5, 0.6) is 0 Å². The van der Waals surface area contributed by atoms with E-state index in [1.54, 1.807) is 0 Å². The number of rotatable bonds is 5. The van der Waals surface area contributed by atoms with Gasteiger partial charge in [0.25, 0.3) is 5.79 Å². The Hall–Kier alpha value is -1.30. The van der Waals surface area contributed by atoms with Crippen LogP contribution in [0.2, 0.25) is 0 Å². The van der Waals surface area contributed by atoms with Crippen LogP contribution in [0, 0.1) is 0 Å². The van der Waals surface area contributed by atoms with Gasteiger partial charge in [-0.1, -0.05) is 0 Å². The van der Waals surface area contributed by atoms with Gasteiger partial charge in [-0.2, -0.15) is 0 Å². The number of aliphatic carboxylic acids is 1. The topological polar surface area (TPSA) is 183 Å². The highest BCUT2D eigenvalue weighted by atomic mass is 16.7. The van der Waals surface area contributed by atoms with Gasteiger partial charge in [-0.15, -0.1) is 0 Å². The van der Waals surface area contributed by atoms with Gasteiger partial charge in [-0.25, -0.2) is 4.79 Å². The molecule has 8 N–H and O–H groups in total. The average Bonchev–Trinajstić information content (AvgIpc) is 2.39. The maximum Gasteiger partial charge on any atom is 0.364 e. The van der Waals surface area contributed by atoms with Crippen molar-refractivity contribution in [1.29, 1.82) is 0 Å². The molecule has 0 saturated carbocycles. The average molecular weight is 308 g/mol. The smallest absolute Gasteiger partial charge is 0.364 e. The molecule has 0 spiro atoms. The molecule has 122 valence electrons. The zero-order chi connectivity index (χ0) is 16.4. The number of carbonyl (C=O) groups is 2. The molecule has 21 heavy (non-hydrogen) atoms. The third kappa shape index (κ3) is 3.87. The Morgan fingerprint density at radius 2 is 2.05 bits per heavy atom. The fraction of sp³-hybridized carbons (Fsp3) is 0.818. The van der Waals surface area contributed by atoms with Crippen LogP contribution in [0.15, 0.2) is 0 Å². The van der Waals surface area contributed by atoms with Crippen LogP contribution in [0.3, 0.4) is 0 Å². The summed E-state index contributed by atoms with van der Waals surface area (Å²) in [5.41, 5.74) is 5.19. The van der Waals surface area contributed by atoms with Crippen LogP contribution in [0.4, 0.5) is 0 Å². The molecule has 0 unspecified atom stereocenters. The highest BCUT2D eigenvalue weighted by Gasteiger charge is 2.53. The van der Waals surface area contributed by atoms with E-state index >= 15 is 0 Å². The van der Waals surface area contributed by atoms with Crippen molar-refractivity contribution in [3.63, 3.8) is 0 Å². The first-order chi connectivity index (χ1) is 9.62. The van der Waals surface area contributed by atoms with Crippen molar-refractivity contribution in [1.82, 2.24) is 5.32 Å². The number of nitrogens with one attached hydrogen (secondary N) is 1. The third-order valence-electron chi connectivity index (χ3n) is 3.26. The summed E-state index contributed by atoms with van der Waals surface area (Å²) in [5, 5.41) is 50.5. The number of carbonyl (C=O) groups excluding carboxylic acids is 1. The second-order valence-corrected chi connectivity index (χ2v) is 4.96. The Morgan fingerprint density at radius 3 is 2.48 bits per heavy atom. The normalized spacial score (nSPS) is 35.8. The molecular weight excluding hydrogens is 288 g/mol. The molecule has 10 nitrogen and oxygen atoms in total. The number of aliphatic hydroxyl groups is 4. The van der Waals surface area contributed by atoms with Gasteiger partial charge in [0.1, 0.15) is 12.2 Å². The molecule has 0 aromatic carbocycles. The molecule has 1 saturated heterocycles. The first-order valence-corrected chi connectivity index (χ1v) is 6.27. The first-order valence-electron chi connectivity index (χ1n) is 6.27. The van der Waals surface area contributed by atoms with Crippen molar-refractivity contribution in [3.05, 3.63) is 0 Å². The van der Waals surface area contributed by atoms with Gasteiger partial charge >= 0.3 is 5.97 Å². The van der Waals surface area contributed by atoms with Crippen molar-refractivity contribution in [2.24, 2.45) is 5.73 Å². The van der Waals surface area contributed by atoms with Gasteiger partial charge in [-0.05, 0) is 0 Å². The van der Waals surface area contributed by atoms with Crippen LogP contribution in [0.1, 0.15) is 13.3 Å². The second kappa shape index (κ2) is 6.64. The molecule has 0 bridgehead atoms. The molecule has 1 heterocycles. The van der Waals surface area contributed by atoms with E-state index < -0.39 is 54.5 Å². The van der Waals surface area contributed by atoms with E-state index in [2.05, 4.69) is 5.32 Å². The van der Waals surface area contributed by atoms with Gasteiger partial charge in [-0.3, -0.25) is 4.79 Å². The van der Waals surface area contributed by atoms with Gasteiger partial charge in [0.15, 0.2) is 0 Å². The maximum atomic E-state index is 11.1. The van der Waals surface area contributed by atoms with Crippen molar-refractivity contribution in [2.45, 2.75) is 49.6 Å². The van der Waals surface area contributed by atoms with Crippen LogP contribution in [-0.2, 0) is 14.3 Å². The van der Waals surface area contributed by atoms with Crippen molar-refractivity contribution in [2.75, 3.05) is 6.54 Å². The number of aliphatic hydroxyl groups excluding tert-OH is 3. The Balaban J connectivity index is 3.07. The largest absolute Gasteiger partial charge is 0.477 e. The second-order valence-electron chi connectivity index (χ2n) is 4.96. The number of hydrogen-bond donors (Lipinski definition) is 7. The van der Waals surface area contributed by atoms with Crippen LogP contribution < -0.4 is 11.1 Å². The lowest BCUT2D eigenvalue weighted by atomic mass is 9.88. The van der Waals surface area contributed by atoms with E-state index in [-0.39, 0.29) is 6.54 Å². The Kier molecular flexibility index (Phi) is 5.61. The third-order valence-corrected chi connectivity index (χ3v) is 3.26. The molecule has 0 aliphatic carbocycles. The monoisotopic (exact) mass is 308 g/mol. The van der Waals surface area contributed by atoms with Crippen molar-refractivity contribution >= 4 is 11.9 Å². The van der Waals surface area contributed by atoms with E-state index in [0.29, 0.717) is 0 Å². The highest BCUT2D eigenvalue weighted by molar-refractivity contribution is 5.76. The quantitative estimate of drug-likeness (QED) is 0.267. The summed E-state index contributed by atoms with van der Waals surface area (Å²) >= 11 is 0. The summed E-state index contributed by atoms with van der Waals surface area (Å²) in [6, 6.07) is -1.21. The fourth-order valence-electron chi connectivity index (χ4n) is 2.17. The van der Waals surface area contributed by atoms with Crippen LogP contribution in [0.25, 0.3) is 0 Å². The fourth-order valence-corrected chi connectivity index (χ4v) is 2.17. The summed E-state index contributed by atoms with van der Waals surface area (Å²) in [5.74, 6) is -5.07. The van der Waals surface area contributed by atoms with Gasteiger partial charge in [0.05, 0.1) is 18.2 Å². The molecule has 0 aromatic heterocycles. The molecule has 1 aliphatic heterocycles. The molecule has 0 aromatic rings. The molecular formula is C11H20N2O8. The lowest BCUT2D eigenvalue weighted by Gasteiger charge is -2.44. The van der Waals surface area contributed by atoms with E-state index in [4.69, 9.17) is 15.6 Å².